The lowest BCUT2D eigenvalue weighted by atomic mass is 9.90. The number of hydrogen-bond donors (Lipinski definition) is 0. The third-order valence-corrected chi connectivity index (χ3v) is 7.18. The number of amidine groups is 1. The van der Waals surface area contributed by atoms with E-state index in [0.717, 1.165) is 25.7 Å². The minimum Gasteiger partial charge on any atom is -0.465 e. The summed E-state index contributed by atoms with van der Waals surface area (Å²) in [5.41, 5.74) is 0.633. The van der Waals surface area contributed by atoms with Crippen molar-refractivity contribution in [1.29, 1.82) is 0 Å². The first-order chi connectivity index (χ1) is 13.0. The van der Waals surface area contributed by atoms with Gasteiger partial charge in [-0.3, -0.25) is 4.79 Å². The quantitative estimate of drug-likeness (QED) is 0.742. The largest absolute Gasteiger partial charge is 0.465 e. The monoisotopic (exact) mass is 390 g/mol. The molecule has 1 unspecified atom stereocenters. The lowest BCUT2D eigenvalue weighted by molar-refractivity contribution is -0.151. The minimum absolute atomic E-state index is 0.153. The molecule has 1 saturated carbocycles. The zero-order chi connectivity index (χ0) is 18.9. The zero-order valence-electron chi connectivity index (χ0n) is 15.5. The fraction of sp³-hybridized carbons (Fsp3) is 0.600. The van der Waals surface area contributed by atoms with Gasteiger partial charge in [0.05, 0.1) is 12.5 Å². The van der Waals surface area contributed by atoms with E-state index < -0.39 is 10.0 Å². The summed E-state index contributed by atoms with van der Waals surface area (Å²) in [6.07, 6.45) is 7.64. The van der Waals surface area contributed by atoms with Crippen LogP contribution in [0.3, 0.4) is 0 Å². The molecule has 2 aliphatic heterocycles. The Morgan fingerprint density at radius 1 is 1.11 bits per heavy atom. The van der Waals surface area contributed by atoms with Gasteiger partial charge in [-0.2, -0.15) is 8.42 Å². The summed E-state index contributed by atoms with van der Waals surface area (Å²) in [5, 5.41) is 0. The molecule has 4 rings (SSSR count). The maximum absolute atomic E-state index is 12.6. The van der Waals surface area contributed by atoms with Crippen LogP contribution in [0.15, 0.2) is 33.6 Å². The summed E-state index contributed by atoms with van der Waals surface area (Å²) in [4.78, 5) is 14.7. The minimum atomic E-state index is -3.64. The van der Waals surface area contributed by atoms with Crippen molar-refractivity contribution in [3.63, 3.8) is 0 Å². The first-order valence-corrected chi connectivity index (χ1v) is 11.3. The van der Waals surface area contributed by atoms with Gasteiger partial charge in [-0.15, -0.1) is 4.40 Å². The Labute approximate surface area is 160 Å². The number of carbonyl (C=O) groups excluding carboxylic acids is 1. The molecule has 1 aromatic carbocycles. The number of sulfonamides is 1. The first kappa shape index (κ1) is 18.5. The third-order valence-electron chi connectivity index (χ3n) is 5.85. The number of fused-ring (bicyclic) bond motifs is 1. The van der Waals surface area contributed by atoms with Gasteiger partial charge in [-0.25, -0.2) is 0 Å². The number of benzene rings is 1. The van der Waals surface area contributed by atoms with E-state index in [4.69, 9.17) is 4.74 Å². The molecule has 3 aliphatic rings. The number of esters is 1. The van der Waals surface area contributed by atoms with Crippen molar-refractivity contribution >= 4 is 21.8 Å². The van der Waals surface area contributed by atoms with Crippen LogP contribution in [0.25, 0.3) is 0 Å². The van der Waals surface area contributed by atoms with Gasteiger partial charge >= 0.3 is 5.97 Å². The van der Waals surface area contributed by atoms with Gasteiger partial charge in [0.25, 0.3) is 10.0 Å². The Morgan fingerprint density at radius 3 is 2.70 bits per heavy atom. The molecule has 1 saturated heterocycles. The highest BCUT2D eigenvalue weighted by molar-refractivity contribution is 7.90. The van der Waals surface area contributed by atoms with Crippen molar-refractivity contribution < 1.29 is 17.9 Å². The lowest BCUT2D eigenvalue weighted by Crippen LogP contribution is -2.43. The average molecular weight is 391 g/mol. The molecule has 1 aliphatic carbocycles. The Bertz CT molecular complexity index is 843. The summed E-state index contributed by atoms with van der Waals surface area (Å²) in [6, 6.07) is 6.89. The van der Waals surface area contributed by atoms with Crippen LogP contribution < -0.4 is 0 Å². The molecule has 0 N–H and O–H groups in total. The fourth-order valence-electron chi connectivity index (χ4n) is 4.35. The molecular weight excluding hydrogens is 364 g/mol. The number of carbonyl (C=O) groups is 1. The van der Waals surface area contributed by atoms with E-state index in [0.29, 0.717) is 37.0 Å². The second kappa shape index (κ2) is 7.62. The van der Waals surface area contributed by atoms with Gasteiger partial charge in [0.1, 0.15) is 4.90 Å². The van der Waals surface area contributed by atoms with E-state index in [-0.39, 0.29) is 16.8 Å². The second-order valence-corrected chi connectivity index (χ2v) is 9.38. The van der Waals surface area contributed by atoms with Crippen LogP contribution in [0.1, 0.15) is 50.5 Å². The highest BCUT2D eigenvalue weighted by Gasteiger charge is 2.35. The van der Waals surface area contributed by atoms with Crippen molar-refractivity contribution in [2.24, 2.45) is 16.2 Å². The number of hydrogen-bond acceptors (Lipinski definition) is 5. The molecular formula is C20H26N2O4S. The maximum atomic E-state index is 12.6. The van der Waals surface area contributed by atoms with E-state index in [1.807, 2.05) is 11.0 Å². The van der Waals surface area contributed by atoms with Crippen molar-refractivity contribution in [3.05, 3.63) is 29.8 Å². The summed E-state index contributed by atoms with van der Waals surface area (Å²) >= 11 is 0. The Balaban J connectivity index is 1.42. The van der Waals surface area contributed by atoms with E-state index in [1.54, 1.807) is 18.2 Å². The molecule has 7 heteroatoms. The summed E-state index contributed by atoms with van der Waals surface area (Å²) in [5.74, 6) is 0.592. The molecule has 1 aromatic rings. The summed E-state index contributed by atoms with van der Waals surface area (Å²) < 4.78 is 34.2. The van der Waals surface area contributed by atoms with Crippen molar-refractivity contribution in [3.8, 4) is 0 Å². The molecule has 0 amide bonds. The predicted octanol–water partition coefficient (Wildman–Crippen LogP) is 2.97. The van der Waals surface area contributed by atoms with Crippen molar-refractivity contribution in [2.45, 2.75) is 49.8 Å². The second-order valence-electron chi connectivity index (χ2n) is 7.81. The van der Waals surface area contributed by atoms with Crippen LogP contribution in [0.2, 0.25) is 0 Å². The first-order valence-electron chi connectivity index (χ1n) is 9.90. The molecule has 1 atom stereocenters. The summed E-state index contributed by atoms with van der Waals surface area (Å²) in [6.45, 7) is 1.69. The highest BCUT2D eigenvalue weighted by Crippen LogP contribution is 2.30. The Kier molecular flexibility index (Phi) is 5.21. The molecule has 2 fully saturated rings. The molecule has 27 heavy (non-hydrogen) atoms. The van der Waals surface area contributed by atoms with Crippen LogP contribution >= 0.6 is 0 Å². The molecule has 2 heterocycles. The van der Waals surface area contributed by atoms with Gasteiger partial charge in [-0.1, -0.05) is 31.4 Å². The maximum Gasteiger partial charge on any atom is 0.310 e. The normalized spacial score (nSPS) is 25.0. The van der Waals surface area contributed by atoms with E-state index >= 15 is 0 Å². The van der Waals surface area contributed by atoms with E-state index in [1.165, 1.54) is 19.3 Å². The SMILES string of the molecule is O=C(OCC1CCCCC1)C1CCCN(C2=NS(=O)(=O)c3ccccc32)C1. The van der Waals surface area contributed by atoms with Crippen LogP contribution in [0.4, 0.5) is 0 Å². The van der Waals surface area contributed by atoms with Crippen molar-refractivity contribution in [2.75, 3.05) is 19.7 Å². The number of rotatable bonds is 3. The van der Waals surface area contributed by atoms with E-state index in [9.17, 15) is 13.2 Å². The number of piperidine rings is 1. The van der Waals surface area contributed by atoms with Crippen LogP contribution in [-0.2, 0) is 19.6 Å². The standard InChI is InChI=1S/C20H26N2O4S/c23-20(26-14-15-7-2-1-3-8-15)16-9-6-12-22(13-16)19-17-10-4-5-11-18(17)27(24,25)21-19/h4-5,10-11,15-16H,1-3,6-9,12-14H2. The van der Waals surface area contributed by atoms with Crippen LogP contribution in [0, 0.1) is 11.8 Å². The molecule has 0 spiro atoms. The smallest absolute Gasteiger partial charge is 0.310 e. The van der Waals surface area contributed by atoms with Gasteiger partial charge in [0.15, 0.2) is 5.84 Å². The van der Waals surface area contributed by atoms with Gasteiger partial charge in [0.2, 0.25) is 0 Å². The topological polar surface area (TPSA) is 76.0 Å². The molecule has 0 bridgehead atoms. The average Bonchev–Trinajstić information content (AvgIpc) is 2.98. The van der Waals surface area contributed by atoms with Gasteiger partial charge in [0, 0.05) is 18.7 Å². The van der Waals surface area contributed by atoms with Gasteiger partial charge in [-0.05, 0) is 43.7 Å². The molecule has 0 aromatic heterocycles. The number of nitrogens with zero attached hydrogens (tertiary/aromatic N) is 2. The lowest BCUT2D eigenvalue weighted by Gasteiger charge is -2.33. The Hall–Kier alpha value is -1.89. The molecule has 6 nitrogen and oxygen atoms in total. The number of likely N-dealkylation sites (tertiary alicyclic amines) is 1. The van der Waals surface area contributed by atoms with Gasteiger partial charge < -0.3 is 9.64 Å². The fourth-order valence-corrected chi connectivity index (χ4v) is 5.58. The summed E-state index contributed by atoms with van der Waals surface area (Å²) in [7, 11) is -3.64. The Morgan fingerprint density at radius 2 is 1.89 bits per heavy atom. The third kappa shape index (κ3) is 3.88. The molecule has 0 radical (unpaired) electrons. The van der Waals surface area contributed by atoms with Crippen LogP contribution in [0.5, 0.6) is 0 Å². The molecule has 146 valence electrons. The highest BCUT2D eigenvalue weighted by atomic mass is 32.2. The zero-order valence-corrected chi connectivity index (χ0v) is 16.3. The van der Waals surface area contributed by atoms with Crippen LogP contribution in [-0.4, -0.2) is 44.8 Å². The van der Waals surface area contributed by atoms with E-state index in [2.05, 4.69) is 4.40 Å². The number of ether oxygens (including phenoxy) is 1. The van der Waals surface area contributed by atoms with Crippen molar-refractivity contribution in [1.82, 2.24) is 4.90 Å². The predicted molar refractivity (Wildman–Crippen MR) is 102 cm³/mol.